The van der Waals surface area contributed by atoms with Crippen molar-refractivity contribution in [2.24, 2.45) is 5.73 Å². The summed E-state index contributed by atoms with van der Waals surface area (Å²) in [6.45, 7) is 3.27. The zero-order valence-corrected chi connectivity index (χ0v) is 8.06. The largest absolute Gasteiger partial charge is 0.591 e. The van der Waals surface area contributed by atoms with E-state index in [1.807, 2.05) is 6.92 Å². The Balaban J connectivity index is 4.80. The highest BCUT2D eigenvalue weighted by molar-refractivity contribution is 7.41. The van der Waals surface area contributed by atoms with Crippen LogP contribution in [0.1, 0.15) is 26.7 Å². The normalized spacial score (nSPS) is 13.8. The molecule has 0 radical (unpaired) electrons. The van der Waals surface area contributed by atoms with Gasteiger partial charge in [-0.3, -0.25) is 4.79 Å². The molecule has 0 heterocycles. The minimum Gasteiger partial charge on any atom is -0.591 e. The Hall–Kier alpha value is -0.730. The SMILES string of the molecule is CCC/C(=C(\C)C(N)=O)[P+](=O)[O-]. The van der Waals surface area contributed by atoms with Crippen LogP contribution in [0.25, 0.3) is 0 Å². The second kappa shape index (κ2) is 5.01. The van der Waals surface area contributed by atoms with Crippen molar-refractivity contribution >= 4 is 13.9 Å². The Labute approximate surface area is 72.3 Å². The van der Waals surface area contributed by atoms with Gasteiger partial charge in [-0.25, -0.2) is 0 Å². The molecular formula is C7H12NO3P. The molecule has 0 aliphatic carbocycles. The Morgan fingerprint density at radius 2 is 2.08 bits per heavy atom. The van der Waals surface area contributed by atoms with Gasteiger partial charge in [-0.1, -0.05) is 11.5 Å². The Bertz CT molecular complexity index is 235. The fourth-order valence-corrected chi connectivity index (χ4v) is 1.58. The predicted octanol–water partition coefficient (Wildman–Crippen LogP) is 0.648. The number of hydrogen-bond donors (Lipinski definition) is 1. The minimum atomic E-state index is -2.66. The third-order valence-corrected chi connectivity index (χ3v) is 2.51. The molecule has 1 atom stereocenters. The minimum absolute atomic E-state index is 0.146. The second-order valence-electron chi connectivity index (χ2n) is 2.44. The van der Waals surface area contributed by atoms with Gasteiger partial charge in [-0.2, -0.15) is 0 Å². The molecule has 0 aromatic heterocycles. The molecule has 1 unspecified atom stereocenters. The second-order valence-corrected chi connectivity index (χ2v) is 3.50. The fraction of sp³-hybridized carbons (Fsp3) is 0.571. The van der Waals surface area contributed by atoms with Crippen LogP contribution in [0.5, 0.6) is 0 Å². The van der Waals surface area contributed by atoms with Crippen LogP contribution in [0.15, 0.2) is 10.9 Å². The van der Waals surface area contributed by atoms with Crippen LogP contribution < -0.4 is 10.6 Å². The lowest BCUT2D eigenvalue weighted by Gasteiger charge is -1.98. The van der Waals surface area contributed by atoms with Gasteiger partial charge >= 0.3 is 8.03 Å². The van der Waals surface area contributed by atoms with E-state index in [0.717, 1.165) is 0 Å². The van der Waals surface area contributed by atoms with Crippen molar-refractivity contribution in [2.75, 3.05) is 0 Å². The van der Waals surface area contributed by atoms with Gasteiger partial charge in [0.15, 0.2) is 5.31 Å². The zero-order valence-electron chi connectivity index (χ0n) is 7.16. The van der Waals surface area contributed by atoms with Gasteiger partial charge in [0.1, 0.15) is 0 Å². The summed E-state index contributed by atoms with van der Waals surface area (Å²) in [6.07, 6.45) is 1.07. The number of carbonyl (C=O) groups excluding carboxylic acids is 1. The lowest BCUT2D eigenvalue weighted by molar-refractivity contribution is -0.162. The first-order chi connectivity index (χ1) is 5.50. The zero-order chi connectivity index (χ0) is 9.72. The van der Waals surface area contributed by atoms with E-state index in [4.69, 9.17) is 5.73 Å². The third-order valence-electron chi connectivity index (χ3n) is 1.51. The van der Waals surface area contributed by atoms with E-state index >= 15 is 0 Å². The molecule has 1 amide bonds. The molecular weight excluding hydrogens is 177 g/mol. The van der Waals surface area contributed by atoms with E-state index in [0.29, 0.717) is 12.8 Å². The molecule has 0 spiro atoms. The van der Waals surface area contributed by atoms with Crippen molar-refractivity contribution in [3.8, 4) is 0 Å². The van der Waals surface area contributed by atoms with E-state index in [2.05, 4.69) is 0 Å². The summed E-state index contributed by atoms with van der Waals surface area (Å²) in [6, 6.07) is 0. The van der Waals surface area contributed by atoms with Crippen LogP contribution in [0.4, 0.5) is 0 Å². The van der Waals surface area contributed by atoms with Crippen LogP contribution in [0.3, 0.4) is 0 Å². The highest BCUT2D eigenvalue weighted by atomic mass is 31.1. The summed E-state index contributed by atoms with van der Waals surface area (Å²) >= 11 is 0. The number of nitrogens with two attached hydrogens (primary N) is 1. The maximum absolute atomic E-state index is 10.6. The lowest BCUT2D eigenvalue weighted by Crippen LogP contribution is -2.13. The molecule has 0 aromatic carbocycles. The van der Waals surface area contributed by atoms with E-state index in [-0.39, 0.29) is 10.9 Å². The summed E-state index contributed by atoms with van der Waals surface area (Å²) < 4.78 is 10.6. The summed E-state index contributed by atoms with van der Waals surface area (Å²) in [5.74, 6) is -0.669. The third kappa shape index (κ3) is 3.11. The highest BCUT2D eigenvalue weighted by Crippen LogP contribution is 2.30. The molecule has 0 aromatic rings. The molecule has 2 N–H and O–H groups in total. The molecule has 12 heavy (non-hydrogen) atoms. The van der Waals surface area contributed by atoms with Crippen LogP contribution in [-0.2, 0) is 9.36 Å². The Morgan fingerprint density at radius 3 is 2.33 bits per heavy atom. The molecule has 5 heteroatoms. The van der Waals surface area contributed by atoms with E-state index in [9.17, 15) is 14.3 Å². The quantitative estimate of drug-likeness (QED) is 0.520. The van der Waals surface area contributed by atoms with E-state index in [1.165, 1.54) is 6.92 Å². The Morgan fingerprint density at radius 1 is 1.58 bits per heavy atom. The van der Waals surface area contributed by atoms with Crippen molar-refractivity contribution in [1.82, 2.24) is 0 Å². The number of hydrogen-bond acceptors (Lipinski definition) is 3. The molecule has 68 valence electrons. The molecule has 0 aliphatic heterocycles. The average Bonchev–Trinajstić information content (AvgIpc) is 1.98. The molecule has 0 saturated carbocycles. The fourth-order valence-electron chi connectivity index (χ4n) is 0.795. The summed E-state index contributed by atoms with van der Waals surface area (Å²) in [7, 11) is -2.66. The first-order valence-corrected chi connectivity index (χ1v) is 4.82. The number of primary amides is 1. The monoisotopic (exact) mass is 189 g/mol. The smallest absolute Gasteiger partial charge is 0.344 e. The molecule has 0 bridgehead atoms. The van der Waals surface area contributed by atoms with Crippen LogP contribution in [-0.4, -0.2) is 5.91 Å². The van der Waals surface area contributed by atoms with Gasteiger partial charge in [0.2, 0.25) is 5.91 Å². The van der Waals surface area contributed by atoms with Crippen molar-refractivity contribution in [3.05, 3.63) is 10.9 Å². The molecule has 0 rings (SSSR count). The summed E-state index contributed by atoms with van der Waals surface area (Å²) in [5.41, 5.74) is 5.09. The van der Waals surface area contributed by atoms with Crippen molar-refractivity contribution in [2.45, 2.75) is 26.7 Å². The van der Waals surface area contributed by atoms with Crippen molar-refractivity contribution in [3.63, 3.8) is 0 Å². The standard InChI is InChI=1S/C7H12NO3P/c1-3-4-6(12(10)11)5(2)7(8)9/h3-4H2,1-2H3,(H2,8,9)/b6-5-. The van der Waals surface area contributed by atoms with Crippen LogP contribution in [0.2, 0.25) is 0 Å². The highest BCUT2D eigenvalue weighted by Gasteiger charge is 2.17. The van der Waals surface area contributed by atoms with E-state index < -0.39 is 13.9 Å². The van der Waals surface area contributed by atoms with Gasteiger partial charge in [-0.05, 0) is 13.3 Å². The topological polar surface area (TPSA) is 83.2 Å². The van der Waals surface area contributed by atoms with Crippen molar-refractivity contribution < 1.29 is 14.3 Å². The summed E-state index contributed by atoms with van der Waals surface area (Å²) in [4.78, 5) is 21.2. The maximum Gasteiger partial charge on any atom is 0.344 e. The number of allylic oxidation sites excluding steroid dienone is 1. The van der Waals surface area contributed by atoms with Crippen LogP contribution in [0, 0.1) is 0 Å². The van der Waals surface area contributed by atoms with Gasteiger partial charge in [0.25, 0.3) is 0 Å². The van der Waals surface area contributed by atoms with Gasteiger partial charge in [-0.15, -0.1) is 0 Å². The number of amides is 1. The van der Waals surface area contributed by atoms with Crippen LogP contribution >= 0.6 is 8.03 Å². The first kappa shape index (κ1) is 11.3. The first-order valence-electron chi connectivity index (χ1n) is 3.64. The van der Waals surface area contributed by atoms with Gasteiger partial charge in [0, 0.05) is 6.42 Å². The molecule has 4 nitrogen and oxygen atoms in total. The van der Waals surface area contributed by atoms with E-state index in [1.54, 1.807) is 0 Å². The molecule has 0 saturated heterocycles. The number of rotatable bonds is 4. The summed E-state index contributed by atoms with van der Waals surface area (Å²) in [5, 5.41) is 0.153. The van der Waals surface area contributed by atoms with Crippen molar-refractivity contribution in [1.29, 1.82) is 0 Å². The molecule has 0 fully saturated rings. The lowest BCUT2D eigenvalue weighted by atomic mass is 10.2. The Kier molecular flexibility index (Phi) is 4.71. The van der Waals surface area contributed by atoms with Gasteiger partial charge < -0.3 is 10.6 Å². The molecule has 0 aliphatic rings. The number of carbonyl (C=O) groups is 1. The maximum atomic E-state index is 10.6. The van der Waals surface area contributed by atoms with Gasteiger partial charge in [0.05, 0.1) is 5.57 Å². The predicted molar refractivity (Wildman–Crippen MR) is 44.4 cm³/mol. The average molecular weight is 189 g/mol.